The van der Waals surface area contributed by atoms with E-state index in [1.54, 1.807) is 18.2 Å². The molecule has 7 nitrogen and oxygen atoms in total. The molecular formula is C21H20FN3O4. The fourth-order valence-electron chi connectivity index (χ4n) is 4.06. The van der Waals surface area contributed by atoms with Crippen molar-refractivity contribution in [1.82, 2.24) is 0 Å². The van der Waals surface area contributed by atoms with Gasteiger partial charge in [0, 0.05) is 0 Å². The Labute approximate surface area is 166 Å². The lowest BCUT2D eigenvalue weighted by Crippen LogP contribution is -3.19. The predicted molar refractivity (Wildman–Crippen MR) is 101 cm³/mol. The van der Waals surface area contributed by atoms with Gasteiger partial charge in [-0.05, 0) is 29.8 Å². The number of rotatable bonds is 4. The molecule has 0 unspecified atom stereocenters. The summed E-state index contributed by atoms with van der Waals surface area (Å²) in [4.78, 5) is 40.4. The van der Waals surface area contributed by atoms with Crippen LogP contribution in [0.3, 0.4) is 0 Å². The number of quaternary nitrogens is 1. The molecule has 0 saturated carbocycles. The number of hydrogen-bond acceptors (Lipinski definition) is 5. The summed E-state index contributed by atoms with van der Waals surface area (Å²) in [5, 5.41) is 10.9. The highest BCUT2D eigenvalue weighted by atomic mass is 19.1. The lowest BCUT2D eigenvalue weighted by Gasteiger charge is -2.35. The number of halogens is 1. The van der Waals surface area contributed by atoms with Crippen molar-refractivity contribution in [3.05, 3.63) is 59.9 Å². The number of benzene rings is 2. The zero-order valence-corrected chi connectivity index (χ0v) is 15.6. The van der Waals surface area contributed by atoms with Crippen LogP contribution < -0.4 is 19.8 Å². The number of aromatic carboxylic acids is 1. The first-order chi connectivity index (χ1) is 14.0. The van der Waals surface area contributed by atoms with E-state index >= 15 is 0 Å². The van der Waals surface area contributed by atoms with Gasteiger partial charge in [0.1, 0.15) is 5.82 Å². The van der Waals surface area contributed by atoms with Crippen LogP contribution in [0, 0.1) is 5.82 Å². The van der Waals surface area contributed by atoms with Crippen molar-refractivity contribution in [1.29, 1.82) is 0 Å². The van der Waals surface area contributed by atoms with Crippen molar-refractivity contribution < 1.29 is 28.8 Å². The average Bonchev–Trinajstić information content (AvgIpc) is 3.02. The number of hydrogen-bond donors (Lipinski definition) is 1. The van der Waals surface area contributed by atoms with Crippen LogP contribution in [0.4, 0.5) is 15.8 Å². The van der Waals surface area contributed by atoms with E-state index in [0.717, 1.165) is 9.80 Å². The summed E-state index contributed by atoms with van der Waals surface area (Å²) < 4.78 is 14.0. The second-order valence-corrected chi connectivity index (χ2v) is 7.26. The van der Waals surface area contributed by atoms with Gasteiger partial charge in [0.05, 0.1) is 49.9 Å². The first kappa shape index (κ1) is 19.1. The Balaban J connectivity index is 1.44. The van der Waals surface area contributed by atoms with Crippen LogP contribution in [-0.4, -0.2) is 50.0 Å². The second kappa shape index (κ2) is 7.63. The smallest absolute Gasteiger partial charge is 0.292 e. The molecule has 2 heterocycles. The van der Waals surface area contributed by atoms with Gasteiger partial charge in [-0.2, -0.15) is 0 Å². The molecule has 29 heavy (non-hydrogen) atoms. The third kappa shape index (κ3) is 3.58. The molecule has 2 fully saturated rings. The van der Waals surface area contributed by atoms with Crippen LogP contribution in [0.25, 0.3) is 0 Å². The number of carboxylic acids is 1. The van der Waals surface area contributed by atoms with Crippen molar-refractivity contribution in [2.45, 2.75) is 12.5 Å². The minimum Gasteiger partial charge on any atom is -0.545 e. The van der Waals surface area contributed by atoms with Crippen LogP contribution in [0.1, 0.15) is 16.8 Å². The first-order valence-corrected chi connectivity index (χ1v) is 9.48. The summed E-state index contributed by atoms with van der Waals surface area (Å²) in [6, 6.07) is 11.6. The molecule has 2 aromatic carbocycles. The van der Waals surface area contributed by atoms with E-state index in [1.165, 1.54) is 30.3 Å². The van der Waals surface area contributed by atoms with Crippen LogP contribution in [0.5, 0.6) is 0 Å². The SMILES string of the molecule is O=C([O-])c1ccc(N2C(=O)C[C@H]([NH+]3CCN(c4ccccc4F)CC3)C2=O)cc1. The number of nitrogens with zero attached hydrogens (tertiary/aromatic N) is 2. The fraction of sp³-hybridized carbons (Fsp3) is 0.286. The number of carboxylic acid groups (broad SMARTS) is 1. The van der Waals surface area contributed by atoms with E-state index in [4.69, 9.17) is 0 Å². The van der Waals surface area contributed by atoms with Gasteiger partial charge in [-0.15, -0.1) is 0 Å². The molecule has 2 saturated heterocycles. The summed E-state index contributed by atoms with van der Waals surface area (Å²) in [7, 11) is 0. The van der Waals surface area contributed by atoms with E-state index in [9.17, 15) is 23.9 Å². The summed E-state index contributed by atoms with van der Waals surface area (Å²) >= 11 is 0. The Morgan fingerprint density at radius 2 is 1.69 bits per heavy atom. The molecule has 0 spiro atoms. The van der Waals surface area contributed by atoms with Crippen molar-refractivity contribution in [3.8, 4) is 0 Å². The van der Waals surface area contributed by atoms with E-state index in [1.807, 2.05) is 4.90 Å². The summed E-state index contributed by atoms with van der Waals surface area (Å²) in [6.45, 7) is 2.42. The maximum absolute atomic E-state index is 14.0. The van der Waals surface area contributed by atoms with Gasteiger partial charge < -0.3 is 19.7 Å². The molecule has 150 valence electrons. The Bertz CT molecular complexity index is 955. The minimum absolute atomic E-state index is 0.0146. The van der Waals surface area contributed by atoms with Crippen molar-refractivity contribution in [2.75, 3.05) is 36.0 Å². The molecule has 4 rings (SSSR count). The van der Waals surface area contributed by atoms with Gasteiger partial charge in [0.2, 0.25) is 5.91 Å². The number of piperazine rings is 1. The lowest BCUT2D eigenvalue weighted by atomic mass is 10.1. The highest BCUT2D eigenvalue weighted by Crippen LogP contribution is 2.23. The number of nitrogens with one attached hydrogen (secondary N) is 1. The molecule has 0 bridgehead atoms. The van der Waals surface area contributed by atoms with Gasteiger partial charge in [-0.25, -0.2) is 9.29 Å². The number of amides is 2. The summed E-state index contributed by atoms with van der Waals surface area (Å²) in [5.41, 5.74) is 0.895. The zero-order chi connectivity index (χ0) is 20.5. The number of carbonyl (C=O) groups is 3. The van der Waals surface area contributed by atoms with Gasteiger partial charge >= 0.3 is 0 Å². The van der Waals surface area contributed by atoms with E-state index < -0.39 is 12.0 Å². The van der Waals surface area contributed by atoms with E-state index in [0.29, 0.717) is 37.6 Å². The maximum Gasteiger partial charge on any atom is 0.292 e. The second-order valence-electron chi connectivity index (χ2n) is 7.26. The van der Waals surface area contributed by atoms with Crippen LogP contribution in [0.2, 0.25) is 0 Å². The number of anilines is 2. The standard InChI is InChI=1S/C21H20FN3O4/c22-16-3-1-2-4-17(16)23-9-11-24(12-10-23)18-13-19(26)25(20(18)27)15-7-5-14(6-8-15)21(28)29/h1-8,18H,9-13H2,(H,28,29)/t18-/m0/s1. The zero-order valence-electron chi connectivity index (χ0n) is 15.6. The first-order valence-electron chi connectivity index (χ1n) is 9.48. The van der Waals surface area contributed by atoms with Gasteiger partial charge in [0.25, 0.3) is 5.91 Å². The van der Waals surface area contributed by atoms with Crippen molar-refractivity contribution in [3.63, 3.8) is 0 Å². The number of para-hydroxylation sites is 1. The normalized spacial score (nSPS) is 20.4. The van der Waals surface area contributed by atoms with Crippen LogP contribution >= 0.6 is 0 Å². The third-order valence-corrected chi connectivity index (χ3v) is 5.60. The van der Waals surface area contributed by atoms with Gasteiger partial charge in [0.15, 0.2) is 6.04 Å². The molecule has 2 amide bonds. The highest BCUT2D eigenvalue weighted by Gasteiger charge is 2.46. The van der Waals surface area contributed by atoms with Crippen LogP contribution in [-0.2, 0) is 9.59 Å². The Morgan fingerprint density at radius 3 is 2.31 bits per heavy atom. The molecular weight excluding hydrogens is 377 g/mol. The number of carbonyl (C=O) groups excluding carboxylic acids is 3. The molecule has 8 heteroatoms. The molecule has 2 aromatic rings. The topological polar surface area (TPSA) is 85.2 Å². The Kier molecular flexibility index (Phi) is 5.02. The van der Waals surface area contributed by atoms with E-state index in [2.05, 4.69) is 0 Å². The molecule has 1 N–H and O–H groups in total. The molecule has 2 aliphatic heterocycles. The largest absolute Gasteiger partial charge is 0.545 e. The molecule has 2 aliphatic rings. The summed E-state index contributed by atoms with van der Waals surface area (Å²) in [6.07, 6.45) is 0.107. The number of imide groups is 1. The lowest BCUT2D eigenvalue weighted by molar-refractivity contribution is -0.915. The summed E-state index contributed by atoms with van der Waals surface area (Å²) in [5.74, 6) is -2.17. The van der Waals surface area contributed by atoms with Gasteiger partial charge in [-0.3, -0.25) is 9.59 Å². The monoisotopic (exact) mass is 397 g/mol. The quantitative estimate of drug-likeness (QED) is 0.685. The maximum atomic E-state index is 14.0. The predicted octanol–water partition coefficient (Wildman–Crippen LogP) is -0.774. The van der Waals surface area contributed by atoms with Crippen LogP contribution in [0.15, 0.2) is 48.5 Å². The molecule has 0 aliphatic carbocycles. The molecule has 1 atom stereocenters. The molecule has 0 aromatic heterocycles. The average molecular weight is 397 g/mol. The van der Waals surface area contributed by atoms with Gasteiger partial charge in [-0.1, -0.05) is 24.3 Å². The Morgan fingerprint density at radius 1 is 1.03 bits per heavy atom. The fourth-order valence-corrected chi connectivity index (χ4v) is 4.06. The Hall–Kier alpha value is -3.26. The highest BCUT2D eigenvalue weighted by molar-refractivity contribution is 6.21. The van der Waals surface area contributed by atoms with E-state index in [-0.39, 0.29) is 29.6 Å². The minimum atomic E-state index is -1.31. The van der Waals surface area contributed by atoms with Crippen molar-refractivity contribution >= 4 is 29.2 Å². The van der Waals surface area contributed by atoms with Crippen molar-refractivity contribution in [2.24, 2.45) is 0 Å². The molecule has 0 radical (unpaired) electrons. The third-order valence-electron chi connectivity index (χ3n) is 5.60.